The zero-order valence-corrected chi connectivity index (χ0v) is 14.3. The van der Waals surface area contributed by atoms with E-state index in [2.05, 4.69) is 15.4 Å². The molecule has 9 nitrogen and oxygen atoms in total. The van der Waals surface area contributed by atoms with Crippen LogP contribution in [0.1, 0.15) is 12.8 Å². The third-order valence-corrected chi connectivity index (χ3v) is 4.53. The molecule has 27 heavy (non-hydrogen) atoms. The number of likely N-dealkylation sites (tertiary alicyclic amines) is 1. The molecule has 1 fully saturated rings. The van der Waals surface area contributed by atoms with Crippen LogP contribution in [0.15, 0.2) is 30.9 Å². The summed E-state index contributed by atoms with van der Waals surface area (Å²) < 4.78 is 40.2. The number of nitrogens with one attached hydrogen (secondary N) is 1. The molecule has 1 saturated heterocycles. The van der Waals surface area contributed by atoms with Crippen LogP contribution in [-0.2, 0) is 21.7 Å². The van der Waals surface area contributed by atoms with Crippen molar-refractivity contribution in [1.82, 2.24) is 35.0 Å². The fraction of sp³-hybridized carbons (Fsp3) is 0.533. The van der Waals surface area contributed by atoms with Crippen LogP contribution in [0.3, 0.4) is 0 Å². The molecule has 0 atom stereocenters. The maximum atomic E-state index is 12.6. The van der Waals surface area contributed by atoms with Gasteiger partial charge in [-0.2, -0.15) is 18.3 Å². The molecule has 2 amide bonds. The molecular formula is C15H18F3N7O2. The lowest BCUT2D eigenvalue weighted by Gasteiger charge is -2.40. The summed E-state index contributed by atoms with van der Waals surface area (Å²) in [5, 5.41) is 13.4. The van der Waals surface area contributed by atoms with Gasteiger partial charge in [0.1, 0.15) is 18.6 Å². The van der Waals surface area contributed by atoms with E-state index in [0.717, 1.165) is 0 Å². The smallest absolute Gasteiger partial charge is 0.345 e. The monoisotopic (exact) mass is 385 g/mol. The number of hydrogen-bond acceptors (Lipinski definition) is 5. The highest BCUT2D eigenvalue weighted by Crippen LogP contribution is 2.30. The molecule has 3 heterocycles. The lowest BCUT2D eigenvalue weighted by molar-refractivity contribution is -0.148. The number of aromatic nitrogens is 5. The van der Waals surface area contributed by atoms with Gasteiger partial charge >= 0.3 is 6.18 Å². The highest BCUT2D eigenvalue weighted by atomic mass is 19.4. The molecule has 146 valence electrons. The second-order valence-corrected chi connectivity index (χ2v) is 6.26. The largest absolute Gasteiger partial charge is 0.405 e. The molecule has 2 aromatic rings. The van der Waals surface area contributed by atoms with Crippen molar-refractivity contribution in [1.29, 1.82) is 0 Å². The van der Waals surface area contributed by atoms with Gasteiger partial charge in [0, 0.05) is 31.7 Å². The number of carbonyl (C=O) groups is 2. The molecule has 0 spiro atoms. The first-order valence-corrected chi connectivity index (χ1v) is 8.27. The average molecular weight is 385 g/mol. The highest BCUT2D eigenvalue weighted by molar-refractivity contribution is 5.85. The summed E-state index contributed by atoms with van der Waals surface area (Å²) in [6.45, 7) is -0.974. The predicted octanol–water partition coefficient (Wildman–Crippen LogP) is 0.171. The van der Waals surface area contributed by atoms with Crippen molar-refractivity contribution in [2.75, 3.05) is 19.6 Å². The normalized spacial score (nSPS) is 16.9. The standard InChI is InChI=1S/C15H18F3N7O2/c16-15(17,18)11-19-13(27)14(25-6-1-4-21-25)2-7-23(8-3-14)12(26)10-24-9-5-20-22-24/h1,4-6,9H,2-3,7-8,10-11H2,(H,19,27). The Labute approximate surface area is 152 Å². The minimum absolute atomic E-state index is 0.00897. The summed E-state index contributed by atoms with van der Waals surface area (Å²) in [6, 6.07) is 1.60. The molecule has 2 aromatic heterocycles. The molecule has 1 aliphatic rings. The van der Waals surface area contributed by atoms with E-state index in [1.54, 1.807) is 23.4 Å². The van der Waals surface area contributed by atoms with Gasteiger partial charge in [-0.15, -0.1) is 5.10 Å². The molecule has 0 aromatic carbocycles. The molecule has 0 saturated carbocycles. The van der Waals surface area contributed by atoms with E-state index in [4.69, 9.17) is 0 Å². The number of piperidine rings is 1. The summed E-state index contributed by atoms with van der Waals surface area (Å²) in [7, 11) is 0. The van der Waals surface area contributed by atoms with Crippen LogP contribution in [0.2, 0.25) is 0 Å². The highest BCUT2D eigenvalue weighted by Gasteiger charge is 2.45. The molecule has 0 radical (unpaired) electrons. The van der Waals surface area contributed by atoms with Gasteiger partial charge in [0.15, 0.2) is 0 Å². The number of hydrogen-bond donors (Lipinski definition) is 1. The molecule has 0 unspecified atom stereocenters. The van der Waals surface area contributed by atoms with Crippen LogP contribution in [0.4, 0.5) is 13.2 Å². The number of amides is 2. The van der Waals surface area contributed by atoms with Gasteiger partial charge in [-0.1, -0.05) is 5.21 Å². The quantitative estimate of drug-likeness (QED) is 0.791. The first-order chi connectivity index (χ1) is 12.8. The lowest BCUT2D eigenvalue weighted by Crippen LogP contribution is -2.57. The van der Waals surface area contributed by atoms with Crippen LogP contribution in [-0.4, -0.2) is 67.3 Å². The molecule has 0 bridgehead atoms. The summed E-state index contributed by atoms with van der Waals surface area (Å²) in [6.07, 6.45) is 1.82. The molecule has 12 heteroatoms. The van der Waals surface area contributed by atoms with Gasteiger partial charge in [0.2, 0.25) is 11.8 Å². The van der Waals surface area contributed by atoms with Crippen molar-refractivity contribution in [2.45, 2.75) is 31.1 Å². The van der Waals surface area contributed by atoms with Gasteiger partial charge in [-0.25, -0.2) is 4.68 Å². The maximum Gasteiger partial charge on any atom is 0.405 e. The van der Waals surface area contributed by atoms with E-state index < -0.39 is 24.2 Å². The summed E-state index contributed by atoms with van der Waals surface area (Å²) >= 11 is 0. The first kappa shape index (κ1) is 18.9. The minimum atomic E-state index is -4.50. The predicted molar refractivity (Wildman–Crippen MR) is 85.1 cm³/mol. The summed E-state index contributed by atoms with van der Waals surface area (Å²) in [5.41, 5.74) is -1.27. The van der Waals surface area contributed by atoms with E-state index in [9.17, 15) is 22.8 Å². The van der Waals surface area contributed by atoms with Crippen LogP contribution in [0, 0.1) is 0 Å². The van der Waals surface area contributed by atoms with Gasteiger partial charge in [-0.05, 0) is 18.9 Å². The lowest BCUT2D eigenvalue weighted by atomic mass is 9.86. The van der Waals surface area contributed by atoms with Crippen molar-refractivity contribution in [2.24, 2.45) is 0 Å². The van der Waals surface area contributed by atoms with Crippen molar-refractivity contribution < 1.29 is 22.8 Å². The van der Waals surface area contributed by atoms with Crippen molar-refractivity contribution >= 4 is 11.8 Å². The number of halogens is 3. The zero-order chi connectivity index (χ0) is 19.5. The third kappa shape index (κ3) is 4.26. The molecular weight excluding hydrogens is 367 g/mol. The summed E-state index contributed by atoms with van der Waals surface area (Å²) in [4.78, 5) is 26.5. The second kappa shape index (κ2) is 7.37. The Bertz CT molecular complexity index is 766. The Hall–Kier alpha value is -2.92. The average Bonchev–Trinajstić information content (AvgIpc) is 3.33. The fourth-order valence-electron chi connectivity index (χ4n) is 3.11. The van der Waals surface area contributed by atoms with Crippen LogP contribution >= 0.6 is 0 Å². The van der Waals surface area contributed by atoms with Crippen molar-refractivity contribution in [3.63, 3.8) is 0 Å². The number of alkyl halides is 3. The number of nitrogens with zero attached hydrogens (tertiary/aromatic N) is 6. The zero-order valence-electron chi connectivity index (χ0n) is 14.3. The van der Waals surface area contributed by atoms with Crippen molar-refractivity contribution in [3.8, 4) is 0 Å². The van der Waals surface area contributed by atoms with Gasteiger partial charge in [-0.3, -0.25) is 14.3 Å². The number of rotatable bonds is 5. The third-order valence-electron chi connectivity index (χ3n) is 4.53. The molecule has 3 rings (SSSR count). The number of carbonyl (C=O) groups excluding carboxylic acids is 2. The van der Waals surface area contributed by atoms with E-state index in [1.807, 2.05) is 5.32 Å². The van der Waals surface area contributed by atoms with Gasteiger partial charge in [0.05, 0.1) is 6.20 Å². The Balaban J connectivity index is 1.69. The Morgan fingerprint density at radius 1 is 1.15 bits per heavy atom. The minimum Gasteiger partial charge on any atom is -0.345 e. The van der Waals surface area contributed by atoms with Crippen LogP contribution < -0.4 is 5.32 Å². The van der Waals surface area contributed by atoms with E-state index in [1.165, 1.54) is 21.8 Å². The topological polar surface area (TPSA) is 97.9 Å². The Morgan fingerprint density at radius 2 is 1.89 bits per heavy atom. The van der Waals surface area contributed by atoms with Crippen LogP contribution in [0.5, 0.6) is 0 Å². The van der Waals surface area contributed by atoms with E-state index in [0.29, 0.717) is 0 Å². The van der Waals surface area contributed by atoms with Gasteiger partial charge in [0.25, 0.3) is 0 Å². The van der Waals surface area contributed by atoms with Crippen LogP contribution in [0.25, 0.3) is 0 Å². The second-order valence-electron chi connectivity index (χ2n) is 6.26. The van der Waals surface area contributed by atoms with E-state index >= 15 is 0 Å². The SMILES string of the molecule is O=C(Cn1ccnn1)N1CCC(C(=O)NCC(F)(F)F)(n2cccn2)CC1. The molecule has 1 aliphatic heterocycles. The van der Waals surface area contributed by atoms with Gasteiger partial charge < -0.3 is 10.2 Å². The maximum absolute atomic E-state index is 12.6. The van der Waals surface area contributed by atoms with Crippen molar-refractivity contribution in [3.05, 3.63) is 30.9 Å². The fourth-order valence-corrected chi connectivity index (χ4v) is 3.11. The molecule has 1 N–H and O–H groups in total. The summed E-state index contributed by atoms with van der Waals surface area (Å²) in [5.74, 6) is -0.961. The first-order valence-electron chi connectivity index (χ1n) is 8.27. The Morgan fingerprint density at radius 3 is 2.44 bits per heavy atom. The van der Waals surface area contributed by atoms with E-state index in [-0.39, 0.29) is 38.4 Å². The Kier molecular flexibility index (Phi) is 5.15. The molecule has 0 aliphatic carbocycles.